The zero-order chi connectivity index (χ0) is 17.9. The van der Waals surface area contributed by atoms with Gasteiger partial charge in [-0.1, -0.05) is 18.2 Å². The standard InChI is InChI=1S/C21H21NO4/c23-18(24)20-8-13-7-14(9-20)11-21(10-13,12-20)19(25)26-16-5-1-3-15-4-2-6-22-17(15)16/h1-6,13-14H,7-12H2,(H,23,24). The van der Waals surface area contributed by atoms with Gasteiger partial charge in [-0.05, 0) is 62.5 Å². The van der Waals surface area contributed by atoms with E-state index in [1.807, 2.05) is 24.3 Å². The van der Waals surface area contributed by atoms with Gasteiger partial charge in [-0.2, -0.15) is 0 Å². The minimum absolute atomic E-state index is 0.268. The van der Waals surface area contributed by atoms with Gasteiger partial charge in [0.25, 0.3) is 0 Å². The highest BCUT2D eigenvalue weighted by atomic mass is 16.5. The second kappa shape index (κ2) is 5.29. The van der Waals surface area contributed by atoms with Crippen LogP contribution in [-0.2, 0) is 9.59 Å². The van der Waals surface area contributed by atoms with Crippen molar-refractivity contribution in [2.75, 3.05) is 0 Å². The third-order valence-corrected chi connectivity index (χ3v) is 6.75. The van der Waals surface area contributed by atoms with E-state index in [4.69, 9.17) is 4.74 Å². The van der Waals surface area contributed by atoms with Gasteiger partial charge in [0.05, 0.1) is 10.8 Å². The fraction of sp³-hybridized carbons (Fsp3) is 0.476. The van der Waals surface area contributed by atoms with Crippen LogP contribution in [0.4, 0.5) is 0 Å². The number of nitrogens with zero attached hydrogens (tertiary/aromatic N) is 1. The quantitative estimate of drug-likeness (QED) is 0.672. The third-order valence-electron chi connectivity index (χ3n) is 6.75. The van der Waals surface area contributed by atoms with Gasteiger partial charge in [0.1, 0.15) is 5.52 Å². The fourth-order valence-electron chi connectivity index (χ4n) is 6.12. The van der Waals surface area contributed by atoms with Gasteiger partial charge in [0, 0.05) is 11.6 Å². The molecule has 0 spiro atoms. The van der Waals surface area contributed by atoms with E-state index in [0.717, 1.165) is 24.6 Å². The van der Waals surface area contributed by atoms with Crippen molar-refractivity contribution >= 4 is 22.8 Å². The molecule has 4 bridgehead atoms. The Morgan fingerprint density at radius 1 is 1.04 bits per heavy atom. The van der Waals surface area contributed by atoms with Crippen LogP contribution in [0.1, 0.15) is 38.5 Å². The van der Waals surface area contributed by atoms with Gasteiger partial charge in [-0.15, -0.1) is 0 Å². The lowest BCUT2D eigenvalue weighted by atomic mass is 9.44. The van der Waals surface area contributed by atoms with E-state index in [9.17, 15) is 14.7 Å². The number of carboxylic acids is 1. The predicted octanol–water partition coefficient (Wildman–Crippen LogP) is 3.81. The number of ether oxygens (including phenoxy) is 1. The topological polar surface area (TPSA) is 76.5 Å². The molecule has 4 aliphatic rings. The van der Waals surface area contributed by atoms with Crippen molar-refractivity contribution in [3.05, 3.63) is 36.5 Å². The van der Waals surface area contributed by atoms with E-state index in [1.54, 1.807) is 12.3 Å². The number of hydrogen-bond donors (Lipinski definition) is 1. The second-order valence-electron chi connectivity index (χ2n) is 8.55. The molecule has 4 saturated carbocycles. The predicted molar refractivity (Wildman–Crippen MR) is 94.6 cm³/mol. The number of esters is 1. The highest BCUT2D eigenvalue weighted by Gasteiger charge is 2.64. The number of aromatic nitrogens is 1. The minimum atomic E-state index is -0.740. The SMILES string of the molecule is O=C(O)C12CC3CC(C1)CC(C(=O)Oc1cccc4cccnc14)(C3)C2. The van der Waals surface area contributed by atoms with E-state index in [-0.39, 0.29) is 5.97 Å². The van der Waals surface area contributed by atoms with Crippen LogP contribution in [0.5, 0.6) is 5.75 Å². The van der Waals surface area contributed by atoms with Crippen LogP contribution in [0, 0.1) is 22.7 Å². The lowest BCUT2D eigenvalue weighted by molar-refractivity contribution is -0.185. The Balaban J connectivity index is 1.49. The molecule has 6 rings (SSSR count). The molecule has 0 radical (unpaired) electrons. The Labute approximate surface area is 151 Å². The van der Waals surface area contributed by atoms with E-state index in [0.29, 0.717) is 42.4 Å². The first-order chi connectivity index (χ1) is 12.5. The van der Waals surface area contributed by atoms with Crippen molar-refractivity contribution < 1.29 is 19.4 Å². The van der Waals surface area contributed by atoms with Crippen LogP contribution < -0.4 is 4.74 Å². The van der Waals surface area contributed by atoms with Gasteiger partial charge in [-0.25, -0.2) is 0 Å². The van der Waals surface area contributed by atoms with Crippen LogP contribution in [0.2, 0.25) is 0 Å². The molecule has 1 heterocycles. The maximum Gasteiger partial charge on any atom is 0.317 e. The van der Waals surface area contributed by atoms with Gasteiger partial charge in [0.2, 0.25) is 0 Å². The molecule has 5 heteroatoms. The molecular formula is C21H21NO4. The van der Waals surface area contributed by atoms with Crippen LogP contribution in [0.15, 0.2) is 36.5 Å². The number of pyridine rings is 1. The largest absolute Gasteiger partial charge is 0.481 e. The third kappa shape index (κ3) is 2.19. The van der Waals surface area contributed by atoms with Crippen LogP contribution >= 0.6 is 0 Å². The van der Waals surface area contributed by atoms with Crippen LogP contribution in [0.3, 0.4) is 0 Å². The number of carbonyl (C=O) groups excluding carboxylic acids is 1. The summed E-state index contributed by atoms with van der Waals surface area (Å²) in [7, 11) is 0. The van der Waals surface area contributed by atoms with Crippen molar-refractivity contribution in [2.24, 2.45) is 22.7 Å². The molecule has 2 unspecified atom stereocenters. The molecule has 0 saturated heterocycles. The Morgan fingerprint density at radius 2 is 1.73 bits per heavy atom. The number of carbonyl (C=O) groups is 2. The zero-order valence-corrected chi connectivity index (χ0v) is 14.5. The Hall–Kier alpha value is -2.43. The average Bonchev–Trinajstić information content (AvgIpc) is 2.61. The summed E-state index contributed by atoms with van der Waals surface area (Å²) in [5.74, 6) is 0.107. The smallest absolute Gasteiger partial charge is 0.317 e. The molecule has 2 atom stereocenters. The molecule has 26 heavy (non-hydrogen) atoms. The van der Waals surface area contributed by atoms with Crippen molar-refractivity contribution in [3.8, 4) is 5.75 Å². The number of hydrogen-bond acceptors (Lipinski definition) is 4. The molecule has 134 valence electrons. The van der Waals surface area contributed by atoms with Crippen molar-refractivity contribution in [1.82, 2.24) is 4.98 Å². The number of para-hydroxylation sites is 1. The highest BCUT2D eigenvalue weighted by molar-refractivity contribution is 5.89. The Kier molecular flexibility index (Phi) is 3.21. The maximum absolute atomic E-state index is 13.2. The second-order valence-corrected chi connectivity index (χ2v) is 8.55. The van der Waals surface area contributed by atoms with Crippen LogP contribution in [-0.4, -0.2) is 22.0 Å². The van der Waals surface area contributed by atoms with Gasteiger partial charge in [-0.3, -0.25) is 14.6 Å². The Morgan fingerprint density at radius 3 is 2.46 bits per heavy atom. The molecule has 2 aromatic rings. The first-order valence-corrected chi connectivity index (χ1v) is 9.29. The van der Waals surface area contributed by atoms with Crippen molar-refractivity contribution in [2.45, 2.75) is 38.5 Å². The van der Waals surface area contributed by atoms with E-state index in [1.165, 1.54) is 0 Å². The zero-order valence-electron chi connectivity index (χ0n) is 14.5. The number of fused-ring (bicyclic) bond motifs is 1. The van der Waals surface area contributed by atoms with Gasteiger partial charge in [0.15, 0.2) is 5.75 Å². The number of rotatable bonds is 3. The molecular weight excluding hydrogens is 330 g/mol. The van der Waals surface area contributed by atoms with E-state index in [2.05, 4.69) is 4.98 Å². The fourth-order valence-corrected chi connectivity index (χ4v) is 6.12. The molecule has 4 aliphatic carbocycles. The van der Waals surface area contributed by atoms with Crippen molar-refractivity contribution in [1.29, 1.82) is 0 Å². The van der Waals surface area contributed by atoms with Gasteiger partial charge < -0.3 is 9.84 Å². The summed E-state index contributed by atoms with van der Waals surface area (Å²) in [6.07, 6.45) is 6.10. The number of carboxylic acid groups (broad SMARTS) is 1. The number of benzene rings is 1. The molecule has 1 N–H and O–H groups in total. The minimum Gasteiger partial charge on any atom is -0.481 e. The summed E-state index contributed by atoms with van der Waals surface area (Å²) < 4.78 is 5.84. The summed E-state index contributed by atoms with van der Waals surface area (Å²) in [5.41, 5.74) is -0.722. The lowest BCUT2D eigenvalue weighted by Crippen LogP contribution is -2.58. The van der Waals surface area contributed by atoms with Crippen molar-refractivity contribution in [3.63, 3.8) is 0 Å². The molecule has 0 aliphatic heterocycles. The average molecular weight is 351 g/mol. The monoisotopic (exact) mass is 351 g/mol. The normalized spacial score (nSPS) is 34.8. The Bertz CT molecular complexity index is 902. The summed E-state index contributed by atoms with van der Waals surface area (Å²) in [5, 5.41) is 10.8. The summed E-state index contributed by atoms with van der Waals surface area (Å²) in [6, 6.07) is 9.34. The van der Waals surface area contributed by atoms with E-state index < -0.39 is 16.8 Å². The highest BCUT2D eigenvalue weighted by Crippen LogP contribution is 2.65. The molecule has 5 nitrogen and oxygen atoms in total. The van der Waals surface area contributed by atoms with E-state index >= 15 is 0 Å². The maximum atomic E-state index is 13.2. The first-order valence-electron chi connectivity index (χ1n) is 9.29. The summed E-state index contributed by atoms with van der Waals surface area (Å²) >= 11 is 0. The van der Waals surface area contributed by atoms with Crippen LogP contribution in [0.25, 0.3) is 10.9 Å². The summed E-state index contributed by atoms with van der Waals surface area (Å²) in [6.45, 7) is 0. The number of aliphatic carboxylic acids is 1. The molecule has 0 amide bonds. The van der Waals surface area contributed by atoms with Gasteiger partial charge >= 0.3 is 11.9 Å². The molecule has 1 aromatic heterocycles. The first kappa shape index (κ1) is 15.8. The lowest BCUT2D eigenvalue weighted by Gasteiger charge is -2.59. The molecule has 1 aromatic carbocycles. The summed E-state index contributed by atoms with van der Waals surface area (Å²) in [4.78, 5) is 29.6. The molecule has 4 fully saturated rings.